The Hall–Kier alpha value is -4.65. The van der Waals surface area contributed by atoms with Gasteiger partial charge in [-0.05, 0) is 35.4 Å². The zero-order valence-electron chi connectivity index (χ0n) is 16.8. The number of amides is 4. The molecule has 0 radical (unpaired) electrons. The Kier molecular flexibility index (Phi) is 4.76. The minimum absolute atomic E-state index is 0.165. The summed E-state index contributed by atoms with van der Waals surface area (Å²) in [5.41, 5.74) is 5.49. The third kappa shape index (κ3) is 3.63. The van der Waals surface area contributed by atoms with Crippen LogP contribution in [-0.4, -0.2) is 17.8 Å². The number of fused-ring (bicyclic) bond motifs is 1. The lowest BCUT2D eigenvalue weighted by Gasteiger charge is -2.15. The highest BCUT2D eigenvalue weighted by atomic mass is 16.2. The summed E-state index contributed by atoms with van der Waals surface area (Å²) in [6.07, 6.45) is 1.60. The Morgan fingerprint density at radius 3 is 2.16 bits per heavy atom. The summed E-state index contributed by atoms with van der Waals surface area (Å²) in [6.45, 7) is 0. The second kappa shape index (κ2) is 7.88. The number of rotatable bonds is 4. The van der Waals surface area contributed by atoms with Crippen LogP contribution in [0.15, 0.2) is 84.6 Å². The molecule has 4 N–H and O–H groups in total. The summed E-state index contributed by atoms with van der Waals surface area (Å²) < 4.78 is 0. The van der Waals surface area contributed by atoms with Crippen molar-refractivity contribution in [2.24, 2.45) is 0 Å². The van der Waals surface area contributed by atoms with Crippen molar-refractivity contribution in [2.75, 3.05) is 10.6 Å². The minimum Gasteiger partial charge on any atom is -0.354 e. The maximum atomic E-state index is 12.9. The van der Waals surface area contributed by atoms with Gasteiger partial charge in [0.2, 0.25) is 0 Å². The van der Waals surface area contributed by atoms with E-state index >= 15 is 0 Å². The van der Waals surface area contributed by atoms with Gasteiger partial charge in [-0.1, -0.05) is 60.7 Å². The highest BCUT2D eigenvalue weighted by Gasteiger charge is 2.28. The van der Waals surface area contributed by atoms with Gasteiger partial charge < -0.3 is 16.0 Å². The largest absolute Gasteiger partial charge is 0.354 e. The first kappa shape index (κ1) is 19.3. The van der Waals surface area contributed by atoms with Crippen LogP contribution in [0.3, 0.4) is 0 Å². The highest BCUT2D eigenvalue weighted by molar-refractivity contribution is 6.37. The Balaban J connectivity index is 1.51. The van der Waals surface area contributed by atoms with Gasteiger partial charge >= 0.3 is 6.03 Å². The van der Waals surface area contributed by atoms with E-state index in [2.05, 4.69) is 21.3 Å². The van der Waals surface area contributed by atoms with Gasteiger partial charge in [0, 0.05) is 16.9 Å². The van der Waals surface area contributed by atoms with Gasteiger partial charge in [0.05, 0.1) is 11.3 Å². The Bertz CT molecular complexity index is 1310. The fourth-order valence-electron chi connectivity index (χ4n) is 3.71. The van der Waals surface area contributed by atoms with Crippen molar-refractivity contribution in [1.82, 2.24) is 10.6 Å². The van der Waals surface area contributed by atoms with Crippen LogP contribution in [0.4, 0.5) is 16.2 Å². The van der Waals surface area contributed by atoms with Crippen LogP contribution in [-0.2, 0) is 9.59 Å². The van der Waals surface area contributed by atoms with E-state index in [1.54, 1.807) is 6.08 Å². The number of anilines is 2. The minimum atomic E-state index is -0.534. The molecule has 1 saturated heterocycles. The van der Waals surface area contributed by atoms with E-state index in [1.807, 2.05) is 78.9 Å². The van der Waals surface area contributed by atoms with Gasteiger partial charge in [-0.3, -0.25) is 14.9 Å². The molecule has 1 fully saturated rings. The summed E-state index contributed by atoms with van der Waals surface area (Å²) in [5, 5.41) is 11.0. The van der Waals surface area contributed by atoms with Crippen molar-refractivity contribution in [3.8, 4) is 0 Å². The van der Waals surface area contributed by atoms with Crippen LogP contribution < -0.4 is 21.3 Å². The fraction of sp³-hybridized carbons (Fsp3) is 0. The second-order valence-electron chi connectivity index (χ2n) is 7.33. The first-order valence-electron chi connectivity index (χ1n) is 10.00. The van der Waals surface area contributed by atoms with E-state index < -0.39 is 11.9 Å². The van der Waals surface area contributed by atoms with Crippen molar-refractivity contribution in [3.05, 3.63) is 101 Å². The van der Waals surface area contributed by atoms with Crippen molar-refractivity contribution in [2.45, 2.75) is 0 Å². The number of urea groups is 1. The molecule has 156 valence electrons. The maximum Gasteiger partial charge on any atom is 0.326 e. The van der Waals surface area contributed by atoms with Gasteiger partial charge in [-0.2, -0.15) is 0 Å². The molecule has 2 aliphatic heterocycles. The molecule has 2 heterocycles. The molecule has 0 aliphatic carbocycles. The third-order valence-electron chi connectivity index (χ3n) is 5.20. The predicted octanol–water partition coefficient (Wildman–Crippen LogP) is 3.80. The molecule has 4 amide bonds. The standard InChI is InChI=1S/C25H18N4O3/c30-23-20(28-25(32)29-23)14-15-10-12-17(13-11-15)26-22(16-6-2-1-3-7-16)21-18-8-4-5-9-19(18)27-24(21)31/h1-14,26H,(H,27,31)(H2,28,29,30,32). The Morgan fingerprint density at radius 1 is 0.719 bits per heavy atom. The maximum absolute atomic E-state index is 12.9. The van der Waals surface area contributed by atoms with Crippen LogP contribution in [0.25, 0.3) is 17.3 Å². The summed E-state index contributed by atoms with van der Waals surface area (Å²) in [4.78, 5) is 35.8. The summed E-state index contributed by atoms with van der Waals surface area (Å²) >= 11 is 0. The molecule has 3 aromatic carbocycles. The molecular weight excluding hydrogens is 404 g/mol. The smallest absolute Gasteiger partial charge is 0.326 e. The van der Waals surface area contributed by atoms with Gasteiger partial charge in [-0.25, -0.2) is 4.79 Å². The number of hydrogen-bond donors (Lipinski definition) is 4. The molecule has 7 nitrogen and oxygen atoms in total. The van der Waals surface area contributed by atoms with E-state index in [9.17, 15) is 14.4 Å². The number of carbonyl (C=O) groups excluding carboxylic acids is 3. The Labute approximate surface area is 183 Å². The Morgan fingerprint density at radius 2 is 1.44 bits per heavy atom. The van der Waals surface area contributed by atoms with Gasteiger partial charge in [-0.15, -0.1) is 0 Å². The van der Waals surface area contributed by atoms with Crippen molar-refractivity contribution in [1.29, 1.82) is 0 Å². The molecule has 0 bridgehead atoms. The lowest BCUT2D eigenvalue weighted by molar-refractivity contribution is -0.115. The average Bonchev–Trinajstić information content (AvgIpc) is 3.30. The molecule has 5 rings (SSSR count). The molecule has 0 atom stereocenters. The van der Waals surface area contributed by atoms with E-state index in [1.165, 1.54) is 0 Å². The predicted molar refractivity (Wildman–Crippen MR) is 123 cm³/mol. The SMILES string of the molecule is O=C1NC(=O)C(=Cc2ccc(NC(=C3C(=O)Nc4ccccc43)c3ccccc3)cc2)N1. The molecule has 0 spiro atoms. The van der Waals surface area contributed by atoms with E-state index in [-0.39, 0.29) is 11.6 Å². The van der Waals surface area contributed by atoms with Crippen molar-refractivity contribution in [3.63, 3.8) is 0 Å². The zero-order chi connectivity index (χ0) is 22.1. The average molecular weight is 422 g/mol. The van der Waals surface area contributed by atoms with Crippen LogP contribution in [0.5, 0.6) is 0 Å². The third-order valence-corrected chi connectivity index (χ3v) is 5.20. The molecular formula is C25H18N4O3. The van der Waals surface area contributed by atoms with Crippen LogP contribution in [0.2, 0.25) is 0 Å². The summed E-state index contributed by atoms with van der Waals surface area (Å²) in [6, 6.07) is 24.1. The quantitative estimate of drug-likeness (QED) is 0.380. The normalized spacial score (nSPS) is 17.5. The monoisotopic (exact) mass is 422 g/mol. The van der Waals surface area contributed by atoms with Crippen LogP contribution in [0.1, 0.15) is 16.7 Å². The van der Waals surface area contributed by atoms with E-state index in [0.717, 1.165) is 28.1 Å². The topological polar surface area (TPSA) is 99.3 Å². The fourth-order valence-corrected chi connectivity index (χ4v) is 3.71. The first-order valence-corrected chi connectivity index (χ1v) is 10.00. The molecule has 0 saturated carbocycles. The zero-order valence-corrected chi connectivity index (χ0v) is 16.8. The van der Waals surface area contributed by atoms with Crippen LogP contribution in [0, 0.1) is 0 Å². The molecule has 0 aromatic heterocycles. The van der Waals surface area contributed by atoms with Crippen molar-refractivity contribution < 1.29 is 14.4 Å². The number of imide groups is 1. The summed E-state index contributed by atoms with van der Waals surface area (Å²) in [5.74, 6) is -0.624. The van der Waals surface area contributed by atoms with Gasteiger partial charge in [0.15, 0.2) is 0 Å². The number of nitrogens with one attached hydrogen (secondary N) is 4. The molecule has 3 aromatic rings. The van der Waals surface area contributed by atoms with Gasteiger partial charge in [0.25, 0.3) is 11.8 Å². The van der Waals surface area contributed by atoms with Crippen molar-refractivity contribution >= 4 is 46.6 Å². The lowest BCUT2D eigenvalue weighted by Crippen LogP contribution is -2.22. The number of para-hydroxylation sites is 1. The molecule has 0 unspecified atom stereocenters. The van der Waals surface area contributed by atoms with Gasteiger partial charge in [0.1, 0.15) is 5.70 Å². The summed E-state index contributed by atoms with van der Waals surface area (Å²) in [7, 11) is 0. The number of carbonyl (C=O) groups is 3. The van der Waals surface area contributed by atoms with E-state index in [4.69, 9.17) is 0 Å². The van der Waals surface area contributed by atoms with E-state index in [0.29, 0.717) is 11.3 Å². The highest BCUT2D eigenvalue weighted by Crippen LogP contribution is 2.37. The molecule has 7 heteroatoms. The molecule has 32 heavy (non-hydrogen) atoms. The second-order valence-corrected chi connectivity index (χ2v) is 7.33. The first-order chi connectivity index (χ1) is 15.6. The lowest BCUT2D eigenvalue weighted by atomic mass is 10.00. The molecule has 2 aliphatic rings. The van der Waals surface area contributed by atoms with Crippen LogP contribution >= 0.6 is 0 Å². The number of benzene rings is 3. The number of hydrogen-bond acceptors (Lipinski definition) is 4.